The van der Waals surface area contributed by atoms with E-state index in [1.54, 1.807) is 0 Å². The molecule has 2 aromatic rings. The summed E-state index contributed by atoms with van der Waals surface area (Å²) in [6, 6.07) is 17.9. The van der Waals surface area contributed by atoms with Gasteiger partial charge in [0.1, 0.15) is 5.71 Å². The van der Waals surface area contributed by atoms with Gasteiger partial charge < -0.3 is 10.9 Å². The number of nitrogens with two attached hydrogens (primary N) is 1. The minimum Gasteiger partial charge on any atom is -0.411 e. The second-order valence-corrected chi connectivity index (χ2v) is 3.69. The SMILES string of the molecule is Cl.NC/C(=N\O)c1ccc(-c2ccccc2)cc1. The van der Waals surface area contributed by atoms with Crippen molar-refractivity contribution in [3.05, 3.63) is 60.2 Å². The van der Waals surface area contributed by atoms with Gasteiger partial charge in [0.2, 0.25) is 0 Å². The van der Waals surface area contributed by atoms with E-state index in [0.717, 1.165) is 16.7 Å². The molecule has 0 heterocycles. The zero-order chi connectivity index (χ0) is 12.1. The number of benzene rings is 2. The van der Waals surface area contributed by atoms with Gasteiger partial charge in [-0.15, -0.1) is 12.4 Å². The van der Waals surface area contributed by atoms with Crippen LogP contribution in [0.15, 0.2) is 59.8 Å². The van der Waals surface area contributed by atoms with Crippen molar-refractivity contribution < 1.29 is 5.21 Å². The first-order valence-corrected chi connectivity index (χ1v) is 5.42. The van der Waals surface area contributed by atoms with Gasteiger partial charge >= 0.3 is 0 Å². The molecular formula is C14H15ClN2O. The van der Waals surface area contributed by atoms with Crippen LogP contribution in [0.25, 0.3) is 11.1 Å². The average Bonchev–Trinajstić information content (AvgIpc) is 2.42. The number of hydrogen-bond donors (Lipinski definition) is 2. The molecule has 0 aromatic heterocycles. The highest BCUT2D eigenvalue weighted by Crippen LogP contribution is 2.19. The van der Waals surface area contributed by atoms with Crippen molar-refractivity contribution in [2.24, 2.45) is 10.9 Å². The molecule has 0 atom stereocenters. The van der Waals surface area contributed by atoms with Crippen molar-refractivity contribution in [1.82, 2.24) is 0 Å². The monoisotopic (exact) mass is 262 g/mol. The maximum atomic E-state index is 8.77. The van der Waals surface area contributed by atoms with E-state index in [1.165, 1.54) is 0 Å². The molecule has 0 radical (unpaired) electrons. The van der Waals surface area contributed by atoms with Crippen LogP contribution in [0.5, 0.6) is 0 Å². The Morgan fingerprint density at radius 2 is 1.50 bits per heavy atom. The first-order chi connectivity index (χ1) is 8.35. The summed E-state index contributed by atoms with van der Waals surface area (Å²) < 4.78 is 0. The van der Waals surface area contributed by atoms with Gasteiger partial charge in [-0.25, -0.2) is 0 Å². The molecule has 2 rings (SSSR count). The van der Waals surface area contributed by atoms with Crippen LogP contribution in [-0.2, 0) is 0 Å². The zero-order valence-corrected chi connectivity index (χ0v) is 10.6. The molecule has 3 nitrogen and oxygen atoms in total. The normalized spacial score (nSPS) is 10.8. The topological polar surface area (TPSA) is 58.6 Å². The van der Waals surface area contributed by atoms with Crippen LogP contribution in [-0.4, -0.2) is 17.5 Å². The van der Waals surface area contributed by atoms with Crippen LogP contribution in [0.4, 0.5) is 0 Å². The minimum atomic E-state index is 0. The summed E-state index contributed by atoms with van der Waals surface area (Å²) in [6.45, 7) is 0.223. The van der Waals surface area contributed by atoms with Crippen molar-refractivity contribution in [1.29, 1.82) is 0 Å². The largest absolute Gasteiger partial charge is 0.411 e. The number of oxime groups is 1. The smallest absolute Gasteiger partial charge is 0.100 e. The van der Waals surface area contributed by atoms with Gasteiger partial charge in [-0.1, -0.05) is 59.8 Å². The van der Waals surface area contributed by atoms with Crippen LogP contribution in [0.3, 0.4) is 0 Å². The second-order valence-electron chi connectivity index (χ2n) is 3.69. The van der Waals surface area contributed by atoms with Crippen molar-refractivity contribution in [2.45, 2.75) is 0 Å². The Bertz CT molecular complexity index is 509. The van der Waals surface area contributed by atoms with E-state index in [9.17, 15) is 0 Å². The maximum Gasteiger partial charge on any atom is 0.100 e. The third-order valence-electron chi connectivity index (χ3n) is 2.64. The Hall–Kier alpha value is -1.84. The molecule has 0 saturated heterocycles. The fourth-order valence-electron chi connectivity index (χ4n) is 1.70. The molecule has 0 amide bonds. The predicted octanol–water partition coefficient (Wildman–Crippen LogP) is 2.91. The summed E-state index contributed by atoms with van der Waals surface area (Å²) in [5.74, 6) is 0. The molecule has 0 aliphatic heterocycles. The fraction of sp³-hybridized carbons (Fsp3) is 0.0714. The van der Waals surface area contributed by atoms with E-state index < -0.39 is 0 Å². The lowest BCUT2D eigenvalue weighted by molar-refractivity contribution is 0.318. The van der Waals surface area contributed by atoms with E-state index in [4.69, 9.17) is 10.9 Å². The summed E-state index contributed by atoms with van der Waals surface area (Å²) in [5.41, 5.74) is 9.10. The molecule has 3 N–H and O–H groups in total. The lowest BCUT2D eigenvalue weighted by atomic mass is 10.0. The summed E-state index contributed by atoms with van der Waals surface area (Å²) >= 11 is 0. The van der Waals surface area contributed by atoms with Crippen LogP contribution in [0.1, 0.15) is 5.56 Å². The number of nitrogens with zero attached hydrogens (tertiary/aromatic N) is 1. The van der Waals surface area contributed by atoms with Crippen molar-refractivity contribution >= 4 is 18.1 Å². The third-order valence-corrected chi connectivity index (χ3v) is 2.64. The lowest BCUT2D eigenvalue weighted by Crippen LogP contribution is -2.14. The van der Waals surface area contributed by atoms with Crippen molar-refractivity contribution in [3.63, 3.8) is 0 Å². The van der Waals surface area contributed by atoms with Crippen LogP contribution < -0.4 is 5.73 Å². The van der Waals surface area contributed by atoms with Crippen molar-refractivity contribution in [2.75, 3.05) is 6.54 Å². The molecule has 0 aliphatic rings. The van der Waals surface area contributed by atoms with Crippen LogP contribution in [0.2, 0.25) is 0 Å². The molecule has 0 aliphatic carbocycles. The van der Waals surface area contributed by atoms with Gasteiger partial charge in [0.05, 0.1) is 0 Å². The van der Waals surface area contributed by atoms with Gasteiger partial charge in [-0.05, 0) is 11.1 Å². The Morgan fingerprint density at radius 1 is 0.944 bits per heavy atom. The standard InChI is InChI=1S/C14H14N2O.ClH/c15-10-14(16-17)13-8-6-12(7-9-13)11-4-2-1-3-5-11;/h1-9,17H,10,15H2;1H/b16-14+;. The molecule has 0 fully saturated rings. The van der Waals surface area contributed by atoms with Crippen LogP contribution in [0, 0.1) is 0 Å². The van der Waals surface area contributed by atoms with Crippen LogP contribution >= 0.6 is 12.4 Å². The molecule has 0 saturated carbocycles. The molecule has 0 unspecified atom stereocenters. The van der Waals surface area contributed by atoms with Gasteiger partial charge in [0, 0.05) is 12.1 Å². The Labute approximate surface area is 112 Å². The van der Waals surface area contributed by atoms with E-state index in [-0.39, 0.29) is 19.0 Å². The number of halogens is 1. The molecule has 18 heavy (non-hydrogen) atoms. The van der Waals surface area contributed by atoms with Gasteiger partial charge in [-0.3, -0.25) is 0 Å². The number of rotatable bonds is 3. The minimum absolute atomic E-state index is 0. The van der Waals surface area contributed by atoms with Crippen molar-refractivity contribution in [3.8, 4) is 11.1 Å². The Balaban J connectivity index is 0.00000162. The van der Waals surface area contributed by atoms with E-state index in [2.05, 4.69) is 17.3 Å². The highest BCUT2D eigenvalue weighted by Gasteiger charge is 2.02. The van der Waals surface area contributed by atoms with E-state index >= 15 is 0 Å². The summed E-state index contributed by atoms with van der Waals surface area (Å²) in [5, 5.41) is 11.9. The zero-order valence-electron chi connectivity index (χ0n) is 9.78. The fourth-order valence-corrected chi connectivity index (χ4v) is 1.70. The van der Waals surface area contributed by atoms with Gasteiger partial charge in [0.15, 0.2) is 0 Å². The summed E-state index contributed by atoms with van der Waals surface area (Å²) in [4.78, 5) is 0. The molecule has 0 bridgehead atoms. The molecule has 2 aromatic carbocycles. The quantitative estimate of drug-likeness (QED) is 0.508. The first-order valence-electron chi connectivity index (χ1n) is 5.42. The number of hydrogen-bond acceptors (Lipinski definition) is 3. The molecular weight excluding hydrogens is 248 g/mol. The summed E-state index contributed by atoms with van der Waals surface area (Å²) in [6.07, 6.45) is 0. The lowest BCUT2D eigenvalue weighted by Gasteiger charge is -2.04. The molecule has 0 spiro atoms. The van der Waals surface area contributed by atoms with Gasteiger partial charge in [0.25, 0.3) is 0 Å². The Morgan fingerprint density at radius 3 is 2.00 bits per heavy atom. The maximum absolute atomic E-state index is 8.77. The van der Waals surface area contributed by atoms with E-state index in [0.29, 0.717) is 5.71 Å². The highest BCUT2D eigenvalue weighted by molar-refractivity contribution is 6.01. The van der Waals surface area contributed by atoms with Gasteiger partial charge in [-0.2, -0.15) is 0 Å². The summed E-state index contributed by atoms with van der Waals surface area (Å²) in [7, 11) is 0. The Kier molecular flexibility index (Phi) is 5.36. The first kappa shape index (κ1) is 14.2. The highest BCUT2D eigenvalue weighted by atomic mass is 35.5. The predicted molar refractivity (Wildman–Crippen MR) is 76.5 cm³/mol. The molecule has 94 valence electrons. The third kappa shape index (κ3) is 3.09. The van der Waals surface area contributed by atoms with E-state index in [1.807, 2.05) is 42.5 Å². The molecule has 4 heteroatoms. The average molecular weight is 263 g/mol. The second kappa shape index (κ2) is 6.79.